The Balaban J connectivity index is 2.43. The summed E-state index contributed by atoms with van der Waals surface area (Å²) in [6.45, 7) is 7.83. The zero-order valence-electron chi connectivity index (χ0n) is 10.8. The van der Waals surface area contributed by atoms with Crippen molar-refractivity contribution < 1.29 is 0 Å². The lowest BCUT2D eigenvalue weighted by Gasteiger charge is -2.39. The third-order valence-electron chi connectivity index (χ3n) is 3.63. The number of rotatable bonds is 5. The minimum atomic E-state index is 0.432. The van der Waals surface area contributed by atoms with Crippen molar-refractivity contribution in [2.75, 3.05) is 26.7 Å². The molecule has 1 rings (SSSR count). The van der Waals surface area contributed by atoms with E-state index in [1.165, 1.54) is 45.2 Å². The standard InChI is InChI=1S/C13H28N2/c1-12(2)9-15(3)11-13(10-14)7-5-4-6-8-13/h12H,4-11,14H2,1-3H3. The first-order valence-electron chi connectivity index (χ1n) is 6.47. The Bertz CT molecular complexity index is 171. The fraction of sp³-hybridized carbons (Fsp3) is 1.00. The van der Waals surface area contributed by atoms with Crippen LogP contribution in [0.5, 0.6) is 0 Å². The molecule has 0 aromatic rings. The zero-order chi connectivity index (χ0) is 11.3. The summed E-state index contributed by atoms with van der Waals surface area (Å²) in [5.74, 6) is 0.758. The normalized spacial score (nSPS) is 21.2. The molecule has 2 nitrogen and oxygen atoms in total. The second-order valence-electron chi connectivity index (χ2n) is 5.86. The molecule has 1 aliphatic carbocycles. The molecule has 1 aliphatic rings. The molecule has 0 amide bonds. The van der Waals surface area contributed by atoms with Crippen molar-refractivity contribution in [1.82, 2.24) is 4.90 Å². The van der Waals surface area contributed by atoms with Gasteiger partial charge in [0.15, 0.2) is 0 Å². The number of nitrogens with two attached hydrogens (primary N) is 1. The van der Waals surface area contributed by atoms with Crippen molar-refractivity contribution in [2.24, 2.45) is 17.1 Å². The molecular formula is C13H28N2. The van der Waals surface area contributed by atoms with E-state index >= 15 is 0 Å². The molecule has 0 heterocycles. The molecule has 2 N–H and O–H groups in total. The monoisotopic (exact) mass is 212 g/mol. The summed E-state index contributed by atoms with van der Waals surface area (Å²) in [5.41, 5.74) is 6.42. The predicted molar refractivity (Wildman–Crippen MR) is 66.9 cm³/mol. The van der Waals surface area contributed by atoms with Gasteiger partial charge in [-0.1, -0.05) is 33.1 Å². The van der Waals surface area contributed by atoms with Gasteiger partial charge in [-0.25, -0.2) is 0 Å². The third kappa shape index (κ3) is 4.12. The molecule has 90 valence electrons. The molecule has 0 aromatic carbocycles. The van der Waals surface area contributed by atoms with Crippen LogP contribution in [0.4, 0.5) is 0 Å². The van der Waals surface area contributed by atoms with Crippen molar-refractivity contribution in [2.45, 2.75) is 46.0 Å². The maximum atomic E-state index is 5.99. The maximum absolute atomic E-state index is 5.99. The van der Waals surface area contributed by atoms with Gasteiger partial charge in [0.2, 0.25) is 0 Å². The summed E-state index contributed by atoms with van der Waals surface area (Å²) < 4.78 is 0. The molecule has 1 saturated carbocycles. The van der Waals surface area contributed by atoms with Crippen molar-refractivity contribution in [3.63, 3.8) is 0 Å². The van der Waals surface area contributed by atoms with Gasteiger partial charge < -0.3 is 10.6 Å². The fourth-order valence-electron chi connectivity index (χ4n) is 2.99. The van der Waals surface area contributed by atoms with E-state index in [-0.39, 0.29) is 0 Å². The highest BCUT2D eigenvalue weighted by molar-refractivity contribution is 4.86. The van der Waals surface area contributed by atoms with E-state index in [0.717, 1.165) is 12.5 Å². The minimum absolute atomic E-state index is 0.432. The Kier molecular flexibility index (Phi) is 5.07. The maximum Gasteiger partial charge on any atom is 0.00471 e. The number of hydrogen-bond donors (Lipinski definition) is 1. The smallest absolute Gasteiger partial charge is 0.00471 e. The van der Waals surface area contributed by atoms with Gasteiger partial charge in [-0.3, -0.25) is 0 Å². The van der Waals surface area contributed by atoms with Gasteiger partial charge in [0.1, 0.15) is 0 Å². The highest BCUT2D eigenvalue weighted by Crippen LogP contribution is 2.35. The summed E-state index contributed by atoms with van der Waals surface area (Å²) >= 11 is 0. The number of hydrogen-bond acceptors (Lipinski definition) is 2. The quantitative estimate of drug-likeness (QED) is 0.758. The summed E-state index contributed by atoms with van der Waals surface area (Å²) in [6.07, 6.45) is 6.85. The topological polar surface area (TPSA) is 29.3 Å². The fourth-order valence-corrected chi connectivity index (χ4v) is 2.99. The molecule has 0 radical (unpaired) electrons. The Hall–Kier alpha value is -0.0800. The molecule has 0 aliphatic heterocycles. The Morgan fingerprint density at radius 2 is 1.80 bits per heavy atom. The molecule has 0 saturated heterocycles. The van der Waals surface area contributed by atoms with Gasteiger partial charge in [-0.15, -0.1) is 0 Å². The van der Waals surface area contributed by atoms with E-state index in [4.69, 9.17) is 5.73 Å². The van der Waals surface area contributed by atoms with Crippen LogP contribution in [0.25, 0.3) is 0 Å². The molecule has 2 heteroatoms. The van der Waals surface area contributed by atoms with Crippen molar-refractivity contribution in [3.05, 3.63) is 0 Å². The van der Waals surface area contributed by atoms with Crippen LogP contribution in [0.2, 0.25) is 0 Å². The van der Waals surface area contributed by atoms with Crippen LogP contribution in [0.3, 0.4) is 0 Å². The summed E-state index contributed by atoms with van der Waals surface area (Å²) in [7, 11) is 2.24. The second-order valence-corrected chi connectivity index (χ2v) is 5.86. The lowest BCUT2D eigenvalue weighted by atomic mass is 9.73. The zero-order valence-corrected chi connectivity index (χ0v) is 10.8. The van der Waals surface area contributed by atoms with Crippen LogP contribution in [-0.2, 0) is 0 Å². The van der Waals surface area contributed by atoms with Crippen LogP contribution in [0.15, 0.2) is 0 Å². The van der Waals surface area contributed by atoms with Crippen LogP contribution < -0.4 is 5.73 Å². The summed E-state index contributed by atoms with van der Waals surface area (Å²) in [6, 6.07) is 0. The molecule has 0 spiro atoms. The van der Waals surface area contributed by atoms with Gasteiger partial charge >= 0.3 is 0 Å². The highest BCUT2D eigenvalue weighted by Gasteiger charge is 2.31. The molecule has 1 fully saturated rings. The largest absolute Gasteiger partial charge is 0.330 e. The Morgan fingerprint density at radius 1 is 1.20 bits per heavy atom. The molecule has 15 heavy (non-hydrogen) atoms. The SMILES string of the molecule is CC(C)CN(C)CC1(CN)CCCCC1. The van der Waals surface area contributed by atoms with Crippen LogP contribution in [-0.4, -0.2) is 31.6 Å². The van der Waals surface area contributed by atoms with E-state index in [0.29, 0.717) is 5.41 Å². The average Bonchev–Trinajstić information content (AvgIpc) is 2.17. The van der Waals surface area contributed by atoms with Gasteiger partial charge in [-0.2, -0.15) is 0 Å². The van der Waals surface area contributed by atoms with Crippen molar-refractivity contribution in [3.8, 4) is 0 Å². The summed E-state index contributed by atoms with van der Waals surface area (Å²) in [5, 5.41) is 0. The molecule has 0 atom stereocenters. The first-order chi connectivity index (χ1) is 7.08. The first-order valence-corrected chi connectivity index (χ1v) is 6.47. The second kappa shape index (κ2) is 5.86. The van der Waals surface area contributed by atoms with Crippen LogP contribution in [0.1, 0.15) is 46.0 Å². The third-order valence-corrected chi connectivity index (χ3v) is 3.63. The van der Waals surface area contributed by atoms with Crippen molar-refractivity contribution >= 4 is 0 Å². The van der Waals surface area contributed by atoms with E-state index < -0.39 is 0 Å². The van der Waals surface area contributed by atoms with Gasteiger partial charge in [0.05, 0.1) is 0 Å². The van der Waals surface area contributed by atoms with E-state index in [1.54, 1.807) is 0 Å². The molecule has 0 bridgehead atoms. The van der Waals surface area contributed by atoms with Crippen molar-refractivity contribution in [1.29, 1.82) is 0 Å². The molecule has 0 unspecified atom stereocenters. The van der Waals surface area contributed by atoms with E-state index in [2.05, 4.69) is 25.8 Å². The Morgan fingerprint density at radius 3 is 2.27 bits per heavy atom. The number of nitrogens with zero attached hydrogens (tertiary/aromatic N) is 1. The van der Waals surface area contributed by atoms with Crippen LogP contribution in [0, 0.1) is 11.3 Å². The van der Waals surface area contributed by atoms with Gasteiger partial charge in [-0.05, 0) is 37.8 Å². The van der Waals surface area contributed by atoms with E-state index in [1.807, 2.05) is 0 Å². The van der Waals surface area contributed by atoms with E-state index in [9.17, 15) is 0 Å². The highest BCUT2D eigenvalue weighted by atomic mass is 15.1. The first kappa shape index (κ1) is 13.0. The lowest BCUT2D eigenvalue weighted by molar-refractivity contribution is 0.121. The molecular weight excluding hydrogens is 184 g/mol. The minimum Gasteiger partial charge on any atom is -0.330 e. The van der Waals surface area contributed by atoms with Gasteiger partial charge in [0, 0.05) is 13.1 Å². The van der Waals surface area contributed by atoms with Gasteiger partial charge in [0.25, 0.3) is 0 Å². The Labute approximate surface area is 95.2 Å². The van der Waals surface area contributed by atoms with Crippen LogP contribution >= 0.6 is 0 Å². The molecule has 0 aromatic heterocycles. The predicted octanol–water partition coefficient (Wildman–Crippen LogP) is 2.48. The summed E-state index contributed by atoms with van der Waals surface area (Å²) in [4.78, 5) is 2.48. The average molecular weight is 212 g/mol. The lowest BCUT2D eigenvalue weighted by Crippen LogP contribution is -2.43.